The lowest BCUT2D eigenvalue weighted by molar-refractivity contribution is 0.718. The minimum absolute atomic E-state index is 0.774. The molecule has 0 atom stereocenters. The normalized spacial score (nSPS) is 10.8. The van der Waals surface area contributed by atoms with Gasteiger partial charge in [-0.25, -0.2) is 4.98 Å². The van der Waals surface area contributed by atoms with Crippen LogP contribution in [0.1, 0.15) is 23.7 Å². The second-order valence-electron chi connectivity index (χ2n) is 4.76. The highest BCUT2D eigenvalue weighted by Crippen LogP contribution is 2.31. The summed E-state index contributed by atoms with van der Waals surface area (Å²) < 4.78 is 0. The summed E-state index contributed by atoms with van der Waals surface area (Å²) in [7, 11) is 0. The van der Waals surface area contributed by atoms with Gasteiger partial charge in [0.25, 0.3) is 0 Å². The fourth-order valence-corrected chi connectivity index (χ4v) is 3.27. The van der Waals surface area contributed by atoms with Crippen molar-refractivity contribution in [2.75, 3.05) is 6.54 Å². The third-order valence-corrected chi connectivity index (χ3v) is 4.15. The molecule has 1 aromatic heterocycles. The second-order valence-corrected chi connectivity index (χ2v) is 6.26. The van der Waals surface area contributed by atoms with E-state index in [0.717, 1.165) is 28.8 Å². The predicted molar refractivity (Wildman–Crippen MR) is 86.7 cm³/mol. The maximum Gasteiger partial charge on any atom is 0.101 e. The third-order valence-electron chi connectivity index (χ3n) is 2.88. The minimum Gasteiger partial charge on any atom is -0.313 e. The first kappa shape index (κ1) is 15.4. The van der Waals surface area contributed by atoms with E-state index in [0.29, 0.717) is 0 Å². The van der Waals surface area contributed by atoms with Crippen molar-refractivity contribution in [3.05, 3.63) is 52.2 Å². The molecule has 0 radical (unpaired) electrons. The second kappa shape index (κ2) is 7.11. The fraction of sp³-hybridized carbons (Fsp3) is 0.312. The van der Waals surface area contributed by atoms with Crippen molar-refractivity contribution in [2.24, 2.45) is 0 Å². The highest BCUT2D eigenvalue weighted by molar-refractivity contribution is 7.99. The van der Waals surface area contributed by atoms with Crippen molar-refractivity contribution in [3.63, 3.8) is 0 Å². The van der Waals surface area contributed by atoms with Crippen LogP contribution in [0, 0.1) is 13.8 Å². The van der Waals surface area contributed by atoms with Crippen LogP contribution in [0.4, 0.5) is 0 Å². The Bertz CT molecular complexity index is 579. The molecule has 0 bridgehead atoms. The number of benzene rings is 1. The van der Waals surface area contributed by atoms with Crippen molar-refractivity contribution in [3.8, 4) is 0 Å². The Kier molecular flexibility index (Phi) is 5.46. The zero-order valence-electron chi connectivity index (χ0n) is 12.0. The molecule has 0 aliphatic rings. The Hall–Kier alpha value is -1.03. The maximum atomic E-state index is 6.10. The van der Waals surface area contributed by atoms with E-state index in [9.17, 15) is 0 Å². The lowest BCUT2D eigenvalue weighted by Crippen LogP contribution is -2.12. The number of halogens is 1. The molecule has 106 valence electrons. The van der Waals surface area contributed by atoms with E-state index in [2.05, 4.69) is 42.3 Å². The van der Waals surface area contributed by atoms with E-state index >= 15 is 0 Å². The molecule has 2 rings (SSSR count). The summed E-state index contributed by atoms with van der Waals surface area (Å²) in [5.74, 6) is 0. The Labute approximate surface area is 130 Å². The molecule has 1 aromatic carbocycles. The van der Waals surface area contributed by atoms with Gasteiger partial charge in [0.15, 0.2) is 0 Å². The zero-order chi connectivity index (χ0) is 14.5. The molecule has 2 aromatic rings. The van der Waals surface area contributed by atoms with Gasteiger partial charge in [0.1, 0.15) is 5.03 Å². The Balaban J connectivity index is 2.27. The molecule has 1 heterocycles. The highest BCUT2D eigenvalue weighted by atomic mass is 35.5. The zero-order valence-corrected chi connectivity index (χ0v) is 13.6. The van der Waals surface area contributed by atoms with Crippen LogP contribution < -0.4 is 5.32 Å². The van der Waals surface area contributed by atoms with Gasteiger partial charge in [-0.1, -0.05) is 30.3 Å². The smallest absolute Gasteiger partial charge is 0.101 e. The first-order chi connectivity index (χ1) is 9.58. The van der Waals surface area contributed by atoms with Gasteiger partial charge in [-0.2, -0.15) is 0 Å². The molecule has 2 nitrogen and oxygen atoms in total. The number of aryl methyl sites for hydroxylation is 2. The summed E-state index contributed by atoms with van der Waals surface area (Å²) in [6, 6.07) is 10.2. The molecule has 4 heteroatoms. The van der Waals surface area contributed by atoms with Crippen LogP contribution in [0.15, 0.2) is 40.3 Å². The number of nitrogens with zero attached hydrogens (tertiary/aromatic N) is 1. The summed E-state index contributed by atoms with van der Waals surface area (Å²) in [5, 5.41) is 5.15. The number of aromatic nitrogens is 1. The summed E-state index contributed by atoms with van der Waals surface area (Å²) in [5.41, 5.74) is 3.50. The molecule has 0 spiro atoms. The number of rotatable bonds is 5. The van der Waals surface area contributed by atoms with Crippen molar-refractivity contribution in [1.29, 1.82) is 0 Å². The molecular formula is C16H19ClN2S. The Morgan fingerprint density at radius 3 is 2.70 bits per heavy atom. The Morgan fingerprint density at radius 1 is 1.20 bits per heavy atom. The number of pyridine rings is 1. The van der Waals surface area contributed by atoms with E-state index in [-0.39, 0.29) is 0 Å². The molecule has 0 fully saturated rings. The number of nitrogens with one attached hydrogen (secondary N) is 1. The van der Waals surface area contributed by atoms with E-state index in [4.69, 9.17) is 11.6 Å². The van der Waals surface area contributed by atoms with Crippen LogP contribution in [0.2, 0.25) is 5.02 Å². The van der Waals surface area contributed by atoms with Gasteiger partial charge < -0.3 is 5.32 Å². The molecule has 0 amide bonds. The molecule has 1 N–H and O–H groups in total. The maximum absolute atomic E-state index is 6.10. The SMILES string of the molecule is CCNCc1cc(Cl)ccc1Sc1cc(C)cc(C)n1. The molecule has 0 saturated heterocycles. The van der Waals surface area contributed by atoms with Crippen molar-refractivity contribution < 1.29 is 0 Å². The quantitative estimate of drug-likeness (QED) is 0.873. The first-order valence-electron chi connectivity index (χ1n) is 6.70. The van der Waals surface area contributed by atoms with Gasteiger partial charge in [0.2, 0.25) is 0 Å². The Morgan fingerprint density at radius 2 is 2.00 bits per heavy atom. The van der Waals surface area contributed by atoms with Gasteiger partial charge >= 0.3 is 0 Å². The lowest BCUT2D eigenvalue weighted by atomic mass is 10.2. The van der Waals surface area contributed by atoms with Crippen LogP contribution in [0.25, 0.3) is 0 Å². The molecule has 0 aliphatic heterocycles. The average Bonchev–Trinajstić information content (AvgIpc) is 2.38. The lowest BCUT2D eigenvalue weighted by Gasteiger charge is -2.10. The number of hydrogen-bond acceptors (Lipinski definition) is 3. The summed E-state index contributed by atoms with van der Waals surface area (Å²) >= 11 is 7.79. The van der Waals surface area contributed by atoms with Crippen LogP contribution in [-0.2, 0) is 6.54 Å². The summed E-state index contributed by atoms with van der Waals surface area (Å²) in [4.78, 5) is 5.78. The van der Waals surface area contributed by atoms with Crippen molar-refractivity contribution in [1.82, 2.24) is 10.3 Å². The van der Waals surface area contributed by atoms with Gasteiger partial charge in [0, 0.05) is 22.2 Å². The molecule has 0 aliphatic carbocycles. The van der Waals surface area contributed by atoms with Gasteiger partial charge in [-0.3, -0.25) is 0 Å². The van der Waals surface area contributed by atoms with E-state index in [1.807, 2.05) is 19.1 Å². The van der Waals surface area contributed by atoms with E-state index < -0.39 is 0 Å². The predicted octanol–water partition coefficient (Wildman–Crippen LogP) is 4.61. The molecule has 0 saturated carbocycles. The van der Waals surface area contributed by atoms with Crippen molar-refractivity contribution in [2.45, 2.75) is 37.2 Å². The van der Waals surface area contributed by atoms with Crippen LogP contribution in [-0.4, -0.2) is 11.5 Å². The van der Waals surface area contributed by atoms with Gasteiger partial charge in [-0.05, 0) is 61.9 Å². The first-order valence-corrected chi connectivity index (χ1v) is 7.90. The third kappa shape index (κ3) is 4.23. The molecular weight excluding hydrogens is 288 g/mol. The minimum atomic E-state index is 0.774. The molecule has 0 unspecified atom stereocenters. The molecule has 20 heavy (non-hydrogen) atoms. The van der Waals surface area contributed by atoms with E-state index in [1.54, 1.807) is 11.8 Å². The highest BCUT2D eigenvalue weighted by Gasteiger charge is 2.07. The van der Waals surface area contributed by atoms with Gasteiger partial charge in [-0.15, -0.1) is 0 Å². The van der Waals surface area contributed by atoms with Gasteiger partial charge in [0.05, 0.1) is 0 Å². The standard InChI is InChI=1S/C16H19ClN2S/c1-4-18-10-13-9-14(17)5-6-15(13)20-16-8-11(2)7-12(3)19-16/h5-9,18H,4,10H2,1-3H3. The summed E-state index contributed by atoms with van der Waals surface area (Å²) in [6.07, 6.45) is 0. The number of hydrogen-bond donors (Lipinski definition) is 1. The topological polar surface area (TPSA) is 24.9 Å². The monoisotopic (exact) mass is 306 g/mol. The van der Waals surface area contributed by atoms with E-state index in [1.165, 1.54) is 16.0 Å². The van der Waals surface area contributed by atoms with Crippen molar-refractivity contribution >= 4 is 23.4 Å². The fourth-order valence-electron chi connectivity index (χ4n) is 2.01. The van der Waals surface area contributed by atoms with Crippen LogP contribution >= 0.6 is 23.4 Å². The largest absolute Gasteiger partial charge is 0.313 e. The summed E-state index contributed by atoms with van der Waals surface area (Å²) in [6.45, 7) is 7.99. The average molecular weight is 307 g/mol. The van der Waals surface area contributed by atoms with Crippen LogP contribution in [0.5, 0.6) is 0 Å². The van der Waals surface area contributed by atoms with Crippen LogP contribution in [0.3, 0.4) is 0 Å².